The van der Waals surface area contributed by atoms with Gasteiger partial charge in [0.05, 0.1) is 10.0 Å². The highest BCUT2D eigenvalue weighted by Gasteiger charge is 2.44. The lowest BCUT2D eigenvalue weighted by molar-refractivity contribution is -0.123. The minimum Gasteiger partial charge on any atom is -0.369 e. The summed E-state index contributed by atoms with van der Waals surface area (Å²) < 4.78 is 0. The van der Waals surface area contributed by atoms with Crippen molar-refractivity contribution in [1.82, 2.24) is 10.2 Å². The first kappa shape index (κ1) is 21.3. The van der Waals surface area contributed by atoms with E-state index in [1.54, 1.807) is 0 Å². The third kappa shape index (κ3) is 5.39. The second-order valence-corrected chi connectivity index (χ2v) is 9.94. The topological polar surface area (TPSA) is 35.6 Å². The Balaban J connectivity index is 1.17. The molecule has 4 rings (SSSR count). The number of hydrogen-bond acceptors (Lipinski definition) is 3. The number of benzene rings is 1. The molecule has 1 N–H and O–H groups in total. The number of rotatable bonds is 6. The van der Waals surface area contributed by atoms with Crippen molar-refractivity contribution in [1.29, 1.82) is 0 Å². The van der Waals surface area contributed by atoms with Gasteiger partial charge in [-0.1, -0.05) is 36.5 Å². The number of piperazine rings is 1. The minimum absolute atomic E-state index is 0.243. The number of nitrogens with one attached hydrogen (secondary N) is 1. The van der Waals surface area contributed by atoms with Crippen molar-refractivity contribution in [2.24, 2.45) is 17.8 Å². The number of anilines is 1. The van der Waals surface area contributed by atoms with Crippen LogP contribution in [0.3, 0.4) is 0 Å². The summed E-state index contributed by atoms with van der Waals surface area (Å²) in [5.41, 5.74) is 1.14. The molecule has 3 fully saturated rings. The highest BCUT2D eigenvalue weighted by Crippen LogP contribution is 2.40. The smallest absolute Gasteiger partial charge is 0.223 e. The Hall–Kier alpha value is -0.970. The zero-order chi connectivity index (χ0) is 20.4. The standard InChI is InChI=1S/C23H33Cl2N3O/c1-2-16-3-5-18(6-4-16)26-23(29)20-13-17(20)15-27-9-11-28(12-10-27)19-7-8-21(24)22(25)14-19/h7-8,14,16-18,20H,2-6,9-13,15H2,1H3,(H,26,29)/t16?,17-,18?,20+/m1/s1. The van der Waals surface area contributed by atoms with Crippen LogP contribution in [-0.2, 0) is 4.79 Å². The number of carbonyl (C=O) groups excluding carboxylic acids is 1. The molecule has 1 heterocycles. The van der Waals surface area contributed by atoms with Gasteiger partial charge in [-0.05, 0) is 62.1 Å². The Morgan fingerprint density at radius 1 is 1.07 bits per heavy atom. The largest absolute Gasteiger partial charge is 0.369 e. The summed E-state index contributed by atoms with van der Waals surface area (Å²) in [5, 5.41) is 4.56. The molecule has 1 aromatic rings. The molecule has 160 valence electrons. The van der Waals surface area contributed by atoms with Crippen LogP contribution in [-0.4, -0.2) is 49.6 Å². The van der Waals surface area contributed by atoms with Gasteiger partial charge >= 0.3 is 0 Å². The van der Waals surface area contributed by atoms with E-state index in [9.17, 15) is 4.79 Å². The molecule has 0 bridgehead atoms. The number of halogens is 2. The van der Waals surface area contributed by atoms with Crippen LogP contribution < -0.4 is 10.2 Å². The van der Waals surface area contributed by atoms with Crippen LogP contribution >= 0.6 is 23.2 Å². The lowest BCUT2D eigenvalue weighted by Crippen LogP contribution is -2.47. The Morgan fingerprint density at radius 2 is 1.79 bits per heavy atom. The van der Waals surface area contributed by atoms with Gasteiger partial charge in [0.15, 0.2) is 0 Å². The van der Waals surface area contributed by atoms with Gasteiger partial charge in [0.2, 0.25) is 5.91 Å². The Kier molecular flexibility index (Phi) is 6.93. The van der Waals surface area contributed by atoms with E-state index in [2.05, 4.69) is 22.0 Å². The molecule has 2 aliphatic carbocycles. The summed E-state index contributed by atoms with van der Waals surface area (Å²) >= 11 is 12.2. The lowest BCUT2D eigenvalue weighted by atomic mass is 9.84. The minimum atomic E-state index is 0.243. The molecule has 0 aromatic heterocycles. The van der Waals surface area contributed by atoms with Crippen molar-refractivity contribution in [2.45, 2.75) is 51.5 Å². The molecule has 3 aliphatic rings. The van der Waals surface area contributed by atoms with Gasteiger partial charge < -0.3 is 10.2 Å². The van der Waals surface area contributed by atoms with Crippen LogP contribution in [0.2, 0.25) is 10.0 Å². The molecule has 4 nitrogen and oxygen atoms in total. The van der Waals surface area contributed by atoms with Crippen molar-refractivity contribution < 1.29 is 4.79 Å². The fourth-order valence-corrected chi connectivity index (χ4v) is 5.29. The van der Waals surface area contributed by atoms with Gasteiger partial charge in [0.25, 0.3) is 0 Å². The maximum absolute atomic E-state index is 12.6. The van der Waals surface area contributed by atoms with Gasteiger partial charge in [-0.15, -0.1) is 0 Å². The maximum atomic E-state index is 12.6. The first-order chi connectivity index (χ1) is 14.0. The first-order valence-electron chi connectivity index (χ1n) is 11.3. The van der Waals surface area contributed by atoms with Crippen molar-refractivity contribution in [2.75, 3.05) is 37.6 Å². The van der Waals surface area contributed by atoms with E-state index in [1.807, 2.05) is 18.2 Å². The van der Waals surface area contributed by atoms with E-state index in [0.29, 0.717) is 27.9 Å². The van der Waals surface area contributed by atoms with Crippen molar-refractivity contribution in [3.63, 3.8) is 0 Å². The van der Waals surface area contributed by atoms with Gasteiger partial charge in [0.1, 0.15) is 0 Å². The third-order valence-corrected chi connectivity index (χ3v) is 7.90. The molecule has 1 saturated heterocycles. The normalized spacial score (nSPS) is 30.2. The monoisotopic (exact) mass is 437 g/mol. The predicted molar refractivity (Wildman–Crippen MR) is 121 cm³/mol. The summed E-state index contributed by atoms with van der Waals surface area (Å²) in [6, 6.07) is 6.28. The maximum Gasteiger partial charge on any atom is 0.223 e. The summed E-state index contributed by atoms with van der Waals surface area (Å²) in [4.78, 5) is 17.5. The summed E-state index contributed by atoms with van der Waals surface area (Å²) in [6.45, 7) is 7.38. The molecule has 2 atom stereocenters. The fraction of sp³-hybridized carbons (Fsp3) is 0.696. The van der Waals surface area contributed by atoms with E-state index in [0.717, 1.165) is 63.6 Å². The van der Waals surface area contributed by atoms with Crippen LogP contribution in [0.4, 0.5) is 5.69 Å². The molecule has 6 heteroatoms. The molecule has 1 aliphatic heterocycles. The number of nitrogens with zero attached hydrogens (tertiary/aromatic N) is 2. The molecular weight excluding hydrogens is 405 g/mol. The highest BCUT2D eigenvalue weighted by atomic mass is 35.5. The Morgan fingerprint density at radius 3 is 2.45 bits per heavy atom. The van der Waals surface area contributed by atoms with E-state index in [4.69, 9.17) is 23.2 Å². The van der Waals surface area contributed by atoms with Crippen LogP contribution in [0.25, 0.3) is 0 Å². The van der Waals surface area contributed by atoms with Crippen LogP contribution in [0.5, 0.6) is 0 Å². The summed E-state index contributed by atoms with van der Waals surface area (Å²) in [5.74, 6) is 1.97. The lowest BCUT2D eigenvalue weighted by Gasteiger charge is -2.36. The molecule has 2 saturated carbocycles. The van der Waals surface area contributed by atoms with Gasteiger partial charge in [-0.25, -0.2) is 0 Å². The molecule has 0 radical (unpaired) electrons. The third-order valence-electron chi connectivity index (χ3n) is 7.16. The average molecular weight is 438 g/mol. The van der Waals surface area contributed by atoms with E-state index < -0.39 is 0 Å². The molecule has 1 aromatic carbocycles. The Labute approximate surface area is 184 Å². The SMILES string of the molecule is CCC1CCC(NC(=O)[C@H]2C[C@@H]2CN2CCN(c3ccc(Cl)c(Cl)c3)CC2)CC1. The van der Waals surface area contributed by atoms with Crippen LogP contribution in [0.15, 0.2) is 18.2 Å². The van der Waals surface area contributed by atoms with Crippen LogP contribution in [0.1, 0.15) is 45.4 Å². The highest BCUT2D eigenvalue weighted by molar-refractivity contribution is 6.42. The molecule has 1 amide bonds. The number of hydrogen-bond donors (Lipinski definition) is 1. The zero-order valence-electron chi connectivity index (χ0n) is 17.4. The van der Waals surface area contributed by atoms with Crippen molar-refractivity contribution >= 4 is 34.8 Å². The summed E-state index contributed by atoms with van der Waals surface area (Å²) in [7, 11) is 0. The molecule has 0 spiro atoms. The molecule has 29 heavy (non-hydrogen) atoms. The van der Waals surface area contributed by atoms with E-state index in [-0.39, 0.29) is 5.92 Å². The van der Waals surface area contributed by atoms with E-state index >= 15 is 0 Å². The second kappa shape index (κ2) is 9.45. The zero-order valence-corrected chi connectivity index (χ0v) is 18.9. The van der Waals surface area contributed by atoms with Crippen LogP contribution in [0, 0.1) is 17.8 Å². The molecular formula is C23H33Cl2N3O. The van der Waals surface area contributed by atoms with Gasteiger partial charge in [-0.2, -0.15) is 0 Å². The average Bonchev–Trinajstić information content (AvgIpc) is 3.50. The predicted octanol–water partition coefficient (Wildman–Crippen LogP) is 4.84. The quantitative estimate of drug-likeness (QED) is 0.691. The number of amides is 1. The van der Waals surface area contributed by atoms with Gasteiger partial charge in [0, 0.05) is 50.4 Å². The summed E-state index contributed by atoms with van der Waals surface area (Å²) in [6.07, 6.45) is 7.22. The molecule has 0 unspecified atom stereocenters. The Bertz CT molecular complexity index is 712. The number of carbonyl (C=O) groups is 1. The van der Waals surface area contributed by atoms with Crippen molar-refractivity contribution in [3.8, 4) is 0 Å². The van der Waals surface area contributed by atoms with E-state index in [1.165, 1.54) is 19.3 Å². The first-order valence-corrected chi connectivity index (χ1v) is 12.0. The fourth-order valence-electron chi connectivity index (χ4n) is 5.00. The van der Waals surface area contributed by atoms with Gasteiger partial charge in [-0.3, -0.25) is 9.69 Å². The van der Waals surface area contributed by atoms with Crippen molar-refractivity contribution in [3.05, 3.63) is 28.2 Å². The second-order valence-electron chi connectivity index (χ2n) is 9.12.